The van der Waals surface area contributed by atoms with Crippen LogP contribution in [0.2, 0.25) is 0 Å². The lowest BCUT2D eigenvalue weighted by atomic mass is 9.57. The molecule has 1 saturated heterocycles. The maximum atomic E-state index is 12.1. The Morgan fingerprint density at radius 2 is 1.95 bits per heavy atom. The highest BCUT2D eigenvalue weighted by molar-refractivity contribution is 8.68. The number of thiol groups is 1. The maximum Gasteiger partial charge on any atom is 0.223 e. The molecule has 2 N–H and O–H groups in total. The van der Waals surface area contributed by atoms with Gasteiger partial charge in [0.05, 0.1) is 5.88 Å². The number of hydrogen-bond acceptors (Lipinski definition) is 5. The van der Waals surface area contributed by atoms with E-state index in [0.29, 0.717) is 11.5 Å². The third-order valence-electron chi connectivity index (χ3n) is 4.79. The van der Waals surface area contributed by atoms with Crippen molar-refractivity contribution in [3.63, 3.8) is 0 Å². The molecule has 128 valence electrons. The minimum atomic E-state index is 0.272. The lowest BCUT2D eigenvalue weighted by Gasteiger charge is -2.58. The first-order valence-corrected chi connectivity index (χ1v) is 10.6. The number of nitrogens with one attached hydrogen (secondary N) is 2. The monoisotopic (exact) mass is 345 g/mol. The van der Waals surface area contributed by atoms with E-state index in [9.17, 15) is 4.79 Å². The molecule has 6 heteroatoms. The molecular weight excluding hydrogens is 314 g/mol. The molecule has 0 aromatic carbocycles. The summed E-state index contributed by atoms with van der Waals surface area (Å²) < 4.78 is 0. The zero-order valence-electron chi connectivity index (χ0n) is 13.9. The number of carbonyl (C=O) groups excluding carboxylic acids is 1. The van der Waals surface area contributed by atoms with E-state index in [0.717, 1.165) is 51.3 Å². The van der Waals surface area contributed by atoms with Gasteiger partial charge >= 0.3 is 0 Å². The van der Waals surface area contributed by atoms with E-state index in [1.165, 1.54) is 12.8 Å². The SMILES string of the molecule is CC(C)NCCCCCNC(=O)C1CC2(C1)CN(CSS)C2. The Kier molecular flexibility index (Phi) is 7.38. The third kappa shape index (κ3) is 5.32. The minimum Gasteiger partial charge on any atom is -0.356 e. The molecule has 0 aromatic heterocycles. The van der Waals surface area contributed by atoms with Crippen LogP contribution in [0.15, 0.2) is 0 Å². The van der Waals surface area contributed by atoms with Crippen molar-refractivity contribution < 1.29 is 4.79 Å². The molecule has 22 heavy (non-hydrogen) atoms. The molecule has 1 aliphatic carbocycles. The first-order valence-electron chi connectivity index (χ1n) is 8.54. The summed E-state index contributed by atoms with van der Waals surface area (Å²) in [5, 5.41) is 6.54. The Labute approximate surface area is 144 Å². The van der Waals surface area contributed by atoms with E-state index >= 15 is 0 Å². The zero-order chi connectivity index (χ0) is 16.0. The Bertz CT molecular complexity index is 351. The fourth-order valence-corrected chi connectivity index (χ4v) is 4.51. The molecule has 1 amide bonds. The van der Waals surface area contributed by atoms with Crippen molar-refractivity contribution in [1.82, 2.24) is 15.5 Å². The molecule has 1 spiro atoms. The molecule has 2 rings (SSSR count). The summed E-state index contributed by atoms with van der Waals surface area (Å²) in [6.45, 7) is 8.58. The van der Waals surface area contributed by atoms with E-state index in [1.54, 1.807) is 10.8 Å². The number of likely N-dealkylation sites (tertiary alicyclic amines) is 1. The fraction of sp³-hybridized carbons (Fsp3) is 0.938. The molecule has 0 atom stereocenters. The molecule has 1 saturated carbocycles. The predicted molar refractivity (Wildman–Crippen MR) is 98.2 cm³/mol. The highest BCUT2D eigenvalue weighted by Gasteiger charge is 2.53. The van der Waals surface area contributed by atoms with E-state index in [-0.39, 0.29) is 11.8 Å². The third-order valence-corrected chi connectivity index (χ3v) is 5.62. The van der Waals surface area contributed by atoms with Crippen LogP contribution in [0.25, 0.3) is 0 Å². The summed E-state index contributed by atoms with van der Waals surface area (Å²) in [6.07, 6.45) is 5.65. The first-order chi connectivity index (χ1) is 10.5. The highest BCUT2D eigenvalue weighted by Crippen LogP contribution is 2.52. The van der Waals surface area contributed by atoms with Gasteiger partial charge in [0.1, 0.15) is 0 Å². The second-order valence-electron chi connectivity index (χ2n) is 7.31. The summed E-state index contributed by atoms with van der Waals surface area (Å²) in [5.41, 5.74) is 0.466. The summed E-state index contributed by atoms with van der Waals surface area (Å²) in [5.74, 6) is 1.56. The van der Waals surface area contributed by atoms with Gasteiger partial charge in [-0.15, -0.1) is 11.7 Å². The summed E-state index contributed by atoms with van der Waals surface area (Å²) in [6, 6.07) is 0.569. The lowest BCUT2D eigenvalue weighted by molar-refractivity contribution is -0.142. The van der Waals surface area contributed by atoms with Crippen LogP contribution >= 0.6 is 22.5 Å². The smallest absolute Gasteiger partial charge is 0.223 e. The van der Waals surface area contributed by atoms with Gasteiger partial charge < -0.3 is 10.6 Å². The van der Waals surface area contributed by atoms with E-state index in [2.05, 4.69) is 41.0 Å². The van der Waals surface area contributed by atoms with Crippen LogP contribution in [0.5, 0.6) is 0 Å². The van der Waals surface area contributed by atoms with Crippen LogP contribution in [0.1, 0.15) is 46.0 Å². The second-order valence-corrected chi connectivity index (χ2v) is 8.60. The average Bonchev–Trinajstić information content (AvgIpc) is 2.38. The van der Waals surface area contributed by atoms with Gasteiger partial charge in [-0.25, -0.2) is 0 Å². The molecule has 0 aromatic rings. The van der Waals surface area contributed by atoms with Crippen LogP contribution in [0.4, 0.5) is 0 Å². The Balaban J connectivity index is 1.45. The van der Waals surface area contributed by atoms with Gasteiger partial charge in [0.25, 0.3) is 0 Å². The van der Waals surface area contributed by atoms with E-state index < -0.39 is 0 Å². The summed E-state index contributed by atoms with van der Waals surface area (Å²) in [4.78, 5) is 14.5. The molecule has 2 aliphatic rings. The zero-order valence-corrected chi connectivity index (χ0v) is 15.6. The van der Waals surface area contributed by atoms with Gasteiger partial charge in [-0.3, -0.25) is 9.69 Å². The molecule has 0 radical (unpaired) electrons. The van der Waals surface area contributed by atoms with Gasteiger partial charge in [-0.05, 0) is 37.6 Å². The molecule has 2 fully saturated rings. The Morgan fingerprint density at radius 1 is 1.27 bits per heavy atom. The molecule has 1 heterocycles. The first kappa shape index (κ1) is 18.4. The maximum absolute atomic E-state index is 12.1. The summed E-state index contributed by atoms with van der Waals surface area (Å²) >= 11 is 4.19. The van der Waals surface area contributed by atoms with Crippen molar-refractivity contribution in [2.24, 2.45) is 11.3 Å². The van der Waals surface area contributed by atoms with Crippen molar-refractivity contribution in [2.75, 3.05) is 32.1 Å². The van der Waals surface area contributed by atoms with Gasteiger partial charge in [0, 0.05) is 31.6 Å². The van der Waals surface area contributed by atoms with Gasteiger partial charge in [-0.2, -0.15) is 0 Å². The van der Waals surface area contributed by atoms with Crippen molar-refractivity contribution >= 4 is 28.4 Å². The number of unbranched alkanes of at least 4 members (excludes halogenated alkanes) is 2. The predicted octanol–water partition coefficient (Wildman–Crippen LogP) is 2.52. The Morgan fingerprint density at radius 3 is 2.59 bits per heavy atom. The molecule has 0 unspecified atom stereocenters. The number of rotatable bonds is 10. The number of carbonyl (C=O) groups is 1. The van der Waals surface area contributed by atoms with Crippen LogP contribution in [-0.2, 0) is 4.79 Å². The van der Waals surface area contributed by atoms with Crippen LogP contribution in [0, 0.1) is 11.3 Å². The molecule has 4 nitrogen and oxygen atoms in total. The molecule has 1 aliphatic heterocycles. The number of nitrogens with zero attached hydrogens (tertiary/aromatic N) is 1. The van der Waals surface area contributed by atoms with Gasteiger partial charge in [0.15, 0.2) is 0 Å². The second kappa shape index (κ2) is 8.81. The van der Waals surface area contributed by atoms with Crippen molar-refractivity contribution in [3.8, 4) is 0 Å². The van der Waals surface area contributed by atoms with Crippen molar-refractivity contribution in [2.45, 2.75) is 52.0 Å². The highest BCUT2D eigenvalue weighted by atomic mass is 33.1. The van der Waals surface area contributed by atoms with Crippen LogP contribution in [-0.4, -0.2) is 48.9 Å². The number of amides is 1. The largest absolute Gasteiger partial charge is 0.356 e. The minimum absolute atomic E-state index is 0.272. The van der Waals surface area contributed by atoms with Crippen molar-refractivity contribution in [3.05, 3.63) is 0 Å². The number of hydrogen-bond donors (Lipinski definition) is 3. The van der Waals surface area contributed by atoms with Crippen LogP contribution in [0.3, 0.4) is 0 Å². The normalized spacial score (nSPS) is 20.9. The van der Waals surface area contributed by atoms with Gasteiger partial charge in [0.2, 0.25) is 5.91 Å². The van der Waals surface area contributed by atoms with Crippen LogP contribution < -0.4 is 10.6 Å². The Hall–Kier alpha value is 0.0900. The fourth-order valence-electron chi connectivity index (χ4n) is 3.68. The van der Waals surface area contributed by atoms with Gasteiger partial charge in [-0.1, -0.05) is 31.1 Å². The molecular formula is C16H31N3OS2. The summed E-state index contributed by atoms with van der Waals surface area (Å²) in [7, 11) is 1.59. The quantitative estimate of drug-likeness (QED) is 0.323. The average molecular weight is 346 g/mol. The topological polar surface area (TPSA) is 44.4 Å². The van der Waals surface area contributed by atoms with E-state index in [1.807, 2.05) is 0 Å². The van der Waals surface area contributed by atoms with E-state index in [4.69, 9.17) is 0 Å². The standard InChI is InChI=1S/C16H31N3OS2/c1-13(2)17-6-4-3-5-7-18-15(20)14-8-16(9-14)10-19(11-16)12-22-21/h13-14,17,21H,3-12H2,1-2H3,(H,18,20). The molecule has 0 bridgehead atoms. The van der Waals surface area contributed by atoms with Crippen molar-refractivity contribution in [1.29, 1.82) is 0 Å². The lowest BCUT2D eigenvalue weighted by Crippen LogP contribution is -2.63.